The van der Waals surface area contributed by atoms with Crippen LogP contribution >= 0.6 is 11.3 Å². The number of fused-ring (bicyclic) bond motifs is 2. The molecule has 0 aliphatic carbocycles. The van der Waals surface area contributed by atoms with Crippen molar-refractivity contribution in [1.29, 1.82) is 0 Å². The van der Waals surface area contributed by atoms with Gasteiger partial charge in [0.1, 0.15) is 0 Å². The minimum absolute atomic E-state index is 0.0104. The maximum atomic E-state index is 12.9. The summed E-state index contributed by atoms with van der Waals surface area (Å²) in [4.78, 5) is 17.6. The Labute approximate surface area is 187 Å². The Morgan fingerprint density at radius 2 is 2.06 bits per heavy atom. The Balaban J connectivity index is 1.82. The second-order valence-electron chi connectivity index (χ2n) is 6.84. The van der Waals surface area contributed by atoms with E-state index < -0.39 is 15.9 Å². The van der Waals surface area contributed by atoms with E-state index in [2.05, 4.69) is 4.99 Å². The fraction of sp³-hybridized carbons (Fsp3) is 0.238. The van der Waals surface area contributed by atoms with E-state index in [0.29, 0.717) is 46.1 Å². The van der Waals surface area contributed by atoms with Gasteiger partial charge in [-0.15, -0.1) is 0 Å². The number of amides is 1. The molecule has 2 aromatic heterocycles. The molecule has 0 bridgehead atoms. The van der Waals surface area contributed by atoms with Gasteiger partial charge in [0.05, 0.1) is 28.3 Å². The Morgan fingerprint density at radius 3 is 2.78 bits per heavy atom. The molecule has 2 N–H and O–H groups in total. The van der Waals surface area contributed by atoms with Crippen LogP contribution in [0.2, 0.25) is 0 Å². The number of ether oxygens (including phenoxy) is 2. The smallest absolute Gasteiger partial charge is 0.315 e. The van der Waals surface area contributed by atoms with Gasteiger partial charge in [-0.3, -0.25) is 4.79 Å². The first-order chi connectivity index (χ1) is 15.3. The second kappa shape index (κ2) is 8.87. The molecular weight excluding hydrogens is 454 g/mol. The number of nitrogens with zero attached hydrogens (tertiary/aromatic N) is 2. The van der Waals surface area contributed by atoms with E-state index in [0.717, 1.165) is 5.39 Å². The summed E-state index contributed by atoms with van der Waals surface area (Å²) >= 11 is 1.18. The van der Waals surface area contributed by atoms with Crippen LogP contribution in [0, 0.1) is 0 Å². The molecule has 0 saturated carbocycles. The average Bonchev–Trinajstić information content (AvgIpc) is 3.33. The molecule has 0 saturated heterocycles. The Kier molecular flexibility index (Phi) is 6.15. The molecule has 2 aromatic carbocycles. The van der Waals surface area contributed by atoms with Crippen LogP contribution in [0.1, 0.15) is 17.5 Å². The van der Waals surface area contributed by atoms with Crippen LogP contribution in [0.3, 0.4) is 0 Å². The van der Waals surface area contributed by atoms with Gasteiger partial charge in [0, 0.05) is 19.0 Å². The third-order valence-corrected chi connectivity index (χ3v) is 6.67. The maximum Gasteiger partial charge on any atom is 0.315 e. The summed E-state index contributed by atoms with van der Waals surface area (Å²) in [5.74, 6) is 0.0674. The van der Waals surface area contributed by atoms with E-state index in [9.17, 15) is 13.2 Å². The number of primary sulfonamides is 1. The van der Waals surface area contributed by atoms with Crippen LogP contribution in [0.5, 0.6) is 5.75 Å². The maximum absolute atomic E-state index is 12.9. The van der Waals surface area contributed by atoms with E-state index in [-0.39, 0.29) is 10.7 Å². The molecule has 0 aliphatic heterocycles. The molecule has 0 radical (unpaired) electrons. The number of hydrogen-bond acceptors (Lipinski definition) is 7. The predicted molar refractivity (Wildman–Crippen MR) is 120 cm³/mol. The zero-order valence-corrected chi connectivity index (χ0v) is 19.0. The number of rotatable bonds is 7. The van der Waals surface area contributed by atoms with Gasteiger partial charge in [-0.05, 0) is 37.3 Å². The van der Waals surface area contributed by atoms with E-state index in [1.54, 1.807) is 29.9 Å². The Hall–Kier alpha value is -2.99. The zero-order valence-electron chi connectivity index (χ0n) is 17.4. The molecule has 1 amide bonds. The summed E-state index contributed by atoms with van der Waals surface area (Å²) < 4.78 is 42.3. The molecule has 168 valence electrons. The molecule has 0 unspecified atom stereocenters. The fourth-order valence-corrected chi connectivity index (χ4v) is 4.98. The van der Waals surface area contributed by atoms with Crippen molar-refractivity contribution in [3.05, 3.63) is 53.0 Å². The van der Waals surface area contributed by atoms with Crippen LogP contribution in [-0.4, -0.2) is 39.2 Å². The third kappa shape index (κ3) is 4.32. The highest BCUT2D eigenvalue weighted by Gasteiger charge is 2.17. The minimum atomic E-state index is -3.86. The number of carbonyl (C=O) groups excluding carboxylic acids is 1. The number of thiazole rings is 1. The van der Waals surface area contributed by atoms with E-state index in [1.807, 2.05) is 19.1 Å². The van der Waals surface area contributed by atoms with Crippen molar-refractivity contribution < 1.29 is 27.1 Å². The molecule has 0 aliphatic rings. The molecular formula is C21H21N3O6S2. The zero-order chi connectivity index (χ0) is 22.9. The van der Waals surface area contributed by atoms with Gasteiger partial charge in [0.25, 0.3) is 0 Å². The van der Waals surface area contributed by atoms with Crippen LogP contribution in [0.25, 0.3) is 21.2 Å². The Morgan fingerprint density at radius 1 is 1.25 bits per heavy atom. The van der Waals surface area contributed by atoms with Gasteiger partial charge in [-0.1, -0.05) is 23.5 Å². The molecule has 32 heavy (non-hydrogen) atoms. The highest BCUT2D eigenvalue weighted by atomic mass is 32.2. The summed E-state index contributed by atoms with van der Waals surface area (Å²) in [6.45, 7) is 3.14. The van der Waals surface area contributed by atoms with Crippen molar-refractivity contribution in [2.24, 2.45) is 10.1 Å². The first kappa shape index (κ1) is 22.2. The molecule has 11 heteroatoms. The summed E-state index contributed by atoms with van der Waals surface area (Å²) in [5.41, 5.74) is 1.20. The van der Waals surface area contributed by atoms with Crippen molar-refractivity contribution in [2.75, 3.05) is 20.3 Å². The second-order valence-corrected chi connectivity index (χ2v) is 9.41. The largest absolute Gasteiger partial charge is 0.490 e. The van der Waals surface area contributed by atoms with Gasteiger partial charge >= 0.3 is 5.91 Å². The van der Waals surface area contributed by atoms with E-state index >= 15 is 0 Å². The summed E-state index contributed by atoms with van der Waals surface area (Å²) in [5, 5.41) is 5.98. The van der Waals surface area contributed by atoms with Crippen molar-refractivity contribution in [1.82, 2.24) is 4.57 Å². The highest BCUT2D eigenvalue weighted by molar-refractivity contribution is 7.89. The lowest BCUT2D eigenvalue weighted by Gasteiger charge is -2.04. The quantitative estimate of drug-likeness (QED) is 0.438. The number of nitrogens with two attached hydrogens (primary N) is 1. The van der Waals surface area contributed by atoms with Crippen LogP contribution in [0.15, 0.2) is 56.8 Å². The topological polar surface area (TPSA) is 126 Å². The monoisotopic (exact) mass is 475 g/mol. The van der Waals surface area contributed by atoms with E-state index in [1.165, 1.54) is 23.5 Å². The third-order valence-electron chi connectivity index (χ3n) is 4.72. The van der Waals surface area contributed by atoms with Gasteiger partial charge < -0.3 is 18.5 Å². The van der Waals surface area contributed by atoms with E-state index in [4.69, 9.17) is 19.0 Å². The summed E-state index contributed by atoms with van der Waals surface area (Å²) in [6, 6.07) is 11.6. The lowest BCUT2D eigenvalue weighted by molar-refractivity contribution is 0.0973. The van der Waals surface area contributed by atoms with Gasteiger partial charge in [-0.25, -0.2) is 13.6 Å². The number of aromatic nitrogens is 1. The molecule has 9 nitrogen and oxygen atoms in total. The van der Waals surface area contributed by atoms with Crippen molar-refractivity contribution in [3.63, 3.8) is 0 Å². The number of carbonyl (C=O) groups is 1. The highest BCUT2D eigenvalue weighted by Crippen LogP contribution is 2.29. The van der Waals surface area contributed by atoms with Gasteiger partial charge in [0.15, 0.2) is 21.9 Å². The normalized spacial score (nSPS) is 12.7. The van der Waals surface area contributed by atoms with Crippen molar-refractivity contribution >= 4 is 48.5 Å². The SMILES string of the molecule is CCOc1cccc2cc(C(=O)N=c3sc4cc(S(N)(=O)=O)ccc4n3CCOC)oc12. The molecule has 0 spiro atoms. The molecule has 0 atom stereocenters. The first-order valence-corrected chi connectivity index (χ1v) is 12.1. The molecule has 4 aromatic rings. The van der Waals surface area contributed by atoms with Gasteiger partial charge in [0.2, 0.25) is 10.0 Å². The fourth-order valence-electron chi connectivity index (χ4n) is 3.27. The first-order valence-electron chi connectivity index (χ1n) is 9.71. The minimum Gasteiger partial charge on any atom is -0.490 e. The average molecular weight is 476 g/mol. The number of para-hydroxylation sites is 1. The van der Waals surface area contributed by atoms with Crippen molar-refractivity contribution in [2.45, 2.75) is 18.4 Å². The van der Waals surface area contributed by atoms with Gasteiger partial charge in [-0.2, -0.15) is 4.99 Å². The predicted octanol–water partition coefficient (Wildman–Crippen LogP) is 2.88. The summed E-state index contributed by atoms with van der Waals surface area (Å²) in [6.07, 6.45) is 0. The standard InChI is InChI=1S/C21H21N3O6S2/c1-3-29-16-6-4-5-13-11-17(30-19(13)16)20(25)23-21-24(9-10-28-2)15-8-7-14(32(22,26)27)12-18(15)31-21/h4-8,11-12H,3,9-10H2,1-2H3,(H2,22,26,27). The number of methoxy groups -OCH3 is 1. The Bertz CT molecular complexity index is 1480. The number of sulfonamides is 1. The molecule has 4 rings (SSSR count). The lowest BCUT2D eigenvalue weighted by Crippen LogP contribution is -2.19. The van der Waals surface area contributed by atoms with Crippen LogP contribution in [-0.2, 0) is 21.3 Å². The molecule has 2 heterocycles. The number of hydrogen-bond donors (Lipinski definition) is 1. The van der Waals surface area contributed by atoms with Crippen molar-refractivity contribution in [3.8, 4) is 5.75 Å². The van der Waals surface area contributed by atoms with Crippen LogP contribution < -0.4 is 14.7 Å². The van der Waals surface area contributed by atoms with Crippen LogP contribution in [0.4, 0.5) is 0 Å². The number of furan rings is 1. The number of benzene rings is 2. The lowest BCUT2D eigenvalue weighted by atomic mass is 10.2. The molecule has 0 fully saturated rings. The summed E-state index contributed by atoms with van der Waals surface area (Å²) in [7, 11) is -2.29.